The van der Waals surface area contributed by atoms with E-state index in [9.17, 15) is 13.2 Å². The molecule has 0 spiro atoms. The largest absolute Gasteiger partial charge is 0.424 e. The molecule has 0 N–H and O–H groups in total. The summed E-state index contributed by atoms with van der Waals surface area (Å²) < 4.78 is 46.1. The van der Waals surface area contributed by atoms with E-state index in [1.165, 1.54) is 20.9 Å². The van der Waals surface area contributed by atoms with Crippen LogP contribution in [-0.4, -0.2) is 19.5 Å². The maximum Gasteiger partial charge on any atom is 0.424 e. The molecule has 0 fully saturated rings. The molecule has 10 rings (SSSR count). The molecule has 0 radical (unpaired) electrons. The van der Waals surface area contributed by atoms with Crippen LogP contribution in [0.5, 0.6) is 0 Å². The third-order valence-corrected chi connectivity index (χ3v) is 11.1. The fourth-order valence-electron chi connectivity index (χ4n) is 7.51. The van der Waals surface area contributed by atoms with E-state index in [0.29, 0.717) is 34.2 Å². The van der Waals surface area contributed by atoms with E-state index in [2.05, 4.69) is 65.3 Å². The number of alkyl halides is 3. The molecule has 3 aromatic heterocycles. The Hall–Kier alpha value is -6.56. The molecule has 0 amide bonds. The fourth-order valence-corrected chi connectivity index (χ4v) is 8.62. The van der Waals surface area contributed by atoms with Crippen molar-refractivity contribution in [2.24, 2.45) is 0 Å². The minimum atomic E-state index is -4.54. The molecular formula is C46H27F3N4S. The third kappa shape index (κ3) is 5.36. The summed E-state index contributed by atoms with van der Waals surface area (Å²) in [5.74, 6) is 1.48. The van der Waals surface area contributed by atoms with Gasteiger partial charge in [0.2, 0.25) is 0 Å². The highest BCUT2D eigenvalue weighted by Crippen LogP contribution is 2.45. The first-order chi connectivity index (χ1) is 26.4. The van der Waals surface area contributed by atoms with Crippen LogP contribution in [0.15, 0.2) is 133 Å². The Morgan fingerprint density at radius 1 is 0.630 bits per heavy atom. The van der Waals surface area contributed by atoms with E-state index in [0.717, 1.165) is 63.3 Å². The van der Waals surface area contributed by atoms with Crippen LogP contribution in [0.4, 0.5) is 13.2 Å². The molecule has 3 heterocycles. The summed E-state index contributed by atoms with van der Waals surface area (Å²) in [6.07, 6.45) is 1.55. The zero-order valence-electron chi connectivity index (χ0n) is 28.5. The van der Waals surface area contributed by atoms with Gasteiger partial charge < -0.3 is 4.57 Å². The number of fused-ring (bicyclic) bond motifs is 7. The van der Waals surface area contributed by atoms with Crippen molar-refractivity contribution < 1.29 is 13.2 Å². The van der Waals surface area contributed by atoms with Gasteiger partial charge in [-0.25, -0.2) is 15.0 Å². The van der Waals surface area contributed by atoms with Gasteiger partial charge in [-0.05, 0) is 55.3 Å². The highest BCUT2D eigenvalue weighted by atomic mass is 32.1. The molecule has 4 nitrogen and oxygen atoms in total. The fraction of sp³-hybridized carbons (Fsp3) is 0.0652. The molecule has 8 heteroatoms. The summed E-state index contributed by atoms with van der Waals surface area (Å²) >= 11 is 1.76. The Bertz CT molecular complexity index is 2850. The van der Waals surface area contributed by atoms with Crippen molar-refractivity contribution in [2.45, 2.75) is 19.0 Å². The van der Waals surface area contributed by atoms with Crippen LogP contribution in [0.3, 0.4) is 0 Å². The van der Waals surface area contributed by atoms with E-state index >= 15 is 0 Å². The van der Waals surface area contributed by atoms with Crippen molar-refractivity contribution in [3.63, 3.8) is 0 Å². The summed E-state index contributed by atoms with van der Waals surface area (Å²) in [5, 5.41) is 3.46. The lowest BCUT2D eigenvalue weighted by Crippen LogP contribution is -2.06. The molecule has 0 saturated heterocycles. The van der Waals surface area contributed by atoms with Gasteiger partial charge in [-0.3, -0.25) is 0 Å². The zero-order valence-corrected chi connectivity index (χ0v) is 29.3. The third-order valence-electron chi connectivity index (χ3n) is 9.98. The second-order valence-electron chi connectivity index (χ2n) is 13.2. The Labute approximate surface area is 312 Å². The quantitative estimate of drug-likeness (QED) is 0.177. The molecule has 0 atom stereocenters. The van der Waals surface area contributed by atoms with E-state index in [-0.39, 0.29) is 0 Å². The number of benzene rings is 5. The lowest BCUT2D eigenvalue weighted by Gasteiger charge is -2.18. The summed E-state index contributed by atoms with van der Waals surface area (Å²) in [6.45, 7) is 0. The SMILES string of the molecule is FC(F)(F)c1c#cc(-c2cc(-c3nc(-c4ccccc4)nc(-c4ccccc4)n3)ccc2-n2c3c(c4ccc5sc6ccccc6c5c42)C=CCC3)cc1. The molecule has 54 heavy (non-hydrogen) atoms. The van der Waals surface area contributed by atoms with Crippen LogP contribution in [0.1, 0.15) is 23.2 Å². The first kappa shape index (κ1) is 32.1. The van der Waals surface area contributed by atoms with E-state index < -0.39 is 11.7 Å². The van der Waals surface area contributed by atoms with E-state index in [4.69, 9.17) is 15.0 Å². The Kier molecular flexibility index (Phi) is 7.46. The number of hydrogen-bond donors (Lipinski definition) is 0. The monoisotopic (exact) mass is 724 g/mol. The van der Waals surface area contributed by atoms with Gasteiger partial charge in [0.1, 0.15) is 5.56 Å². The smallest absolute Gasteiger partial charge is 0.312 e. The zero-order chi connectivity index (χ0) is 36.4. The average molecular weight is 725 g/mol. The number of aromatic nitrogens is 4. The number of rotatable bonds is 5. The minimum absolute atomic E-state index is 0.444. The van der Waals surface area contributed by atoms with Crippen LogP contribution in [0.25, 0.3) is 88.1 Å². The van der Waals surface area contributed by atoms with Gasteiger partial charge in [-0.15, -0.1) is 11.3 Å². The maximum absolute atomic E-state index is 13.8. The van der Waals surface area contributed by atoms with Crippen molar-refractivity contribution in [1.29, 1.82) is 0 Å². The van der Waals surface area contributed by atoms with Crippen molar-refractivity contribution >= 4 is 48.5 Å². The predicted molar refractivity (Wildman–Crippen MR) is 211 cm³/mol. The van der Waals surface area contributed by atoms with E-state index in [1.54, 1.807) is 11.3 Å². The molecular weight excluding hydrogens is 698 g/mol. The molecule has 0 saturated carbocycles. The summed E-state index contributed by atoms with van der Waals surface area (Å²) in [7, 11) is 0. The Morgan fingerprint density at radius 3 is 2.00 bits per heavy atom. The van der Waals surface area contributed by atoms with Crippen molar-refractivity contribution in [1.82, 2.24) is 19.5 Å². The highest BCUT2D eigenvalue weighted by Gasteiger charge is 2.31. The first-order valence-corrected chi connectivity index (χ1v) is 18.4. The molecule has 9 aromatic rings. The number of allylic oxidation sites excluding steroid dienone is 1. The van der Waals surface area contributed by atoms with Crippen LogP contribution in [-0.2, 0) is 12.6 Å². The van der Waals surface area contributed by atoms with Gasteiger partial charge in [-0.1, -0.05) is 109 Å². The average Bonchev–Trinajstić information content (AvgIpc) is 3.77. The second-order valence-corrected chi connectivity index (χ2v) is 14.3. The normalized spacial score (nSPS) is 12.7. The standard InChI is InChI=1S/C46H27F3N4S/c47-46(48,49)32-22-19-28(20-23-32)36-27-31(45-51-43(29-11-3-1-4-12-29)50-44(52-45)30-13-5-2-6-14-30)21-25-38(36)53-37-17-9-7-15-33(37)34-24-26-40-41(42(34)53)35-16-8-10-18-39(35)54-40/h1-8,10-16,18-19,21-22,24-27H,9,17H2. The van der Waals surface area contributed by atoms with Crippen molar-refractivity contribution in [3.05, 3.63) is 162 Å². The lowest BCUT2D eigenvalue weighted by atomic mass is 9.99. The number of halogens is 3. The Morgan fingerprint density at radius 2 is 1.31 bits per heavy atom. The van der Waals surface area contributed by atoms with Crippen molar-refractivity contribution in [2.75, 3.05) is 0 Å². The number of nitrogens with zero attached hydrogens (tertiary/aromatic N) is 4. The second kappa shape index (κ2) is 12.5. The maximum atomic E-state index is 13.8. The number of thiophene rings is 1. The molecule has 0 unspecified atom stereocenters. The van der Waals surface area contributed by atoms with Crippen LogP contribution < -0.4 is 0 Å². The summed E-state index contributed by atoms with van der Waals surface area (Å²) in [5.41, 5.74) is 6.87. The lowest BCUT2D eigenvalue weighted by molar-refractivity contribution is -0.137. The summed E-state index contributed by atoms with van der Waals surface area (Å²) in [4.78, 5) is 14.8. The van der Waals surface area contributed by atoms with Gasteiger partial charge in [-0.2, -0.15) is 13.2 Å². The number of hydrogen-bond acceptors (Lipinski definition) is 4. The van der Waals surface area contributed by atoms with Gasteiger partial charge in [0, 0.05) is 64.6 Å². The topological polar surface area (TPSA) is 43.6 Å². The van der Waals surface area contributed by atoms with Gasteiger partial charge in [0.25, 0.3) is 0 Å². The highest BCUT2D eigenvalue weighted by molar-refractivity contribution is 7.26. The molecule has 258 valence electrons. The van der Waals surface area contributed by atoms with Crippen LogP contribution >= 0.6 is 11.3 Å². The van der Waals surface area contributed by atoms with Crippen LogP contribution in [0.2, 0.25) is 0 Å². The molecule has 6 aromatic carbocycles. The van der Waals surface area contributed by atoms with Gasteiger partial charge >= 0.3 is 6.18 Å². The molecule has 0 bridgehead atoms. The first-order valence-electron chi connectivity index (χ1n) is 17.6. The van der Waals surface area contributed by atoms with Crippen LogP contribution in [0, 0.1) is 12.1 Å². The van der Waals surface area contributed by atoms with Gasteiger partial charge in [0.05, 0.1) is 11.2 Å². The van der Waals surface area contributed by atoms with E-state index in [1.807, 2.05) is 78.9 Å². The van der Waals surface area contributed by atoms with Crippen molar-refractivity contribution in [3.8, 4) is 51.0 Å². The molecule has 1 aliphatic carbocycles. The summed E-state index contributed by atoms with van der Waals surface area (Å²) in [6, 6.07) is 46.1. The predicted octanol–water partition coefficient (Wildman–Crippen LogP) is 12.4. The molecule has 1 aliphatic rings. The Balaban J connectivity index is 1.26. The van der Waals surface area contributed by atoms with Gasteiger partial charge in [0.15, 0.2) is 17.5 Å². The molecule has 0 aliphatic heterocycles. The minimum Gasteiger partial charge on any atom is -0.312 e.